The molecule has 2 aromatic rings. The van der Waals surface area contributed by atoms with E-state index in [0.29, 0.717) is 31.3 Å². The van der Waals surface area contributed by atoms with E-state index in [1.165, 1.54) is 0 Å². The standard InChI is InChI=1S/C36H50Cl2N6O6/c1-4-50-36(49)30(22-26-12-14-27(15-13-26)44(19-16-37)20-17-38)42-34(47)29(21-25-9-6-5-7-10-25)41-35(48)32(24(2)3)43-31(45)23-40-33(46)28-11-8-18-39-28/h5-7,9-10,12-15,24,28-30,32,39H,4,8,11,16-23H2,1-3H3,(H,40,46)(H,41,48)(H,42,47)(H,43,45)/t28-,29+,30-,32+/m0/s1. The second-order valence-electron chi connectivity index (χ2n) is 12.5. The number of nitrogens with one attached hydrogen (secondary N) is 5. The molecule has 274 valence electrons. The highest BCUT2D eigenvalue weighted by atomic mass is 35.5. The van der Waals surface area contributed by atoms with Crippen molar-refractivity contribution < 1.29 is 28.7 Å². The van der Waals surface area contributed by atoms with Gasteiger partial charge in [-0.1, -0.05) is 56.3 Å². The molecule has 50 heavy (non-hydrogen) atoms. The van der Waals surface area contributed by atoms with E-state index in [9.17, 15) is 24.0 Å². The summed E-state index contributed by atoms with van der Waals surface area (Å²) in [6.45, 7) is 7.04. The van der Waals surface area contributed by atoms with Gasteiger partial charge in [0.25, 0.3) is 0 Å². The van der Waals surface area contributed by atoms with Crippen molar-refractivity contribution in [1.29, 1.82) is 0 Å². The summed E-state index contributed by atoms with van der Waals surface area (Å²) in [5, 5.41) is 14.0. The molecule has 0 saturated carbocycles. The normalized spacial score (nSPS) is 15.8. The van der Waals surface area contributed by atoms with Crippen LogP contribution < -0.4 is 31.5 Å². The van der Waals surface area contributed by atoms with Crippen LogP contribution in [0.25, 0.3) is 0 Å². The van der Waals surface area contributed by atoms with Crippen LogP contribution in [0.15, 0.2) is 54.6 Å². The number of anilines is 1. The molecule has 1 heterocycles. The van der Waals surface area contributed by atoms with Gasteiger partial charge in [0, 0.05) is 43.4 Å². The average Bonchev–Trinajstić information content (AvgIpc) is 3.65. The minimum atomic E-state index is -1.09. The van der Waals surface area contributed by atoms with Gasteiger partial charge in [-0.05, 0) is 55.5 Å². The SMILES string of the molecule is CCOC(=O)[C@H](Cc1ccc(N(CCCl)CCCl)cc1)NC(=O)[C@@H](Cc1ccccc1)NC(=O)[C@H](NC(=O)CNC(=O)[C@@H]1CCCN1)C(C)C. The van der Waals surface area contributed by atoms with Gasteiger partial charge >= 0.3 is 5.97 Å². The second kappa shape index (κ2) is 21.4. The number of alkyl halides is 2. The number of hydrogen-bond donors (Lipinski definition) is 5. The van der Waals surface area contributed by atoms with E-state index in [-0.39, 0.29) is 43.9 Å². The Kier molecular flexibility index (Phi) is 17.3. The van der Waals surface area contributed by atoms with Crippen molar-refractivity contribution in [2.75, 3.05) is 49.4 Å². The van der Waals surface area contributed by atoms with Crippen molar-refractivity contribution in [3.8, 4) is 0 Å². The maximum Gasteiger partial charge on any atom is 0.328 e. The van der Waals surface area contributed by atoms with Crippen LogP contribution in [0.1, 0.15) is 44.7 Å². The first-order chi connectivity index (χ1) is 24.1. The first-order valence-electron chi connectivity index (χ1n) is 17.1. The number of amides is 4. The smallest absolute Gasteiger partial charge is 0.328 e. The molecular formula is C36H50Cl2N6O6. The van der Waals surface area contributed by atoms with Crippen LogP contribution >= 0.6 is 23.2 Å². The number of halogens is 2. The lowest BCUT2D eigenvalue weighted by atomic mass is 10.00. The maximum atomic E-state index is 13.9. The lowest BCUT2D eigenvalue weighted by molar-refractivity contribution is -0.147. The third kappa shape index (κ3) is 13.1. The summed E-state index contributed by atoms with van der Waals surface area (Å²) in [6.07, 6.45) is 1.86. The summed E-state index contributed by atoms with van der Waals surface area (Å²) >= 11 is 11.9. The van der Waals surface area contributed by atoms with Gasteiger partial charge in [-0.25, -0.2) is 4.79 Å². The molecule has 0 unspecified atom stereocenters. The molecular weight excluding hydrogens is 683 g/mol. The van der Waals surface area contributed by atoms with Crippen LogP contribution in [0.5, 0.6) is 0 Å². The van der Waals surface area contributed by atoms with Crippen LogP contribution in [0.2, 0.25) is 0 Å². The average molecular weight is 734 g/mol. The fourth-order valence-electron chi connectivity index (χ4n) is 5.64. The van der Waals surface area contributed by atoms with Crippen molar-refractivity contribution in [2.45, 2.75) is 70.6 Å². The zero-order chi connectivity index (χ0) is 36.5. The predicted molar refractivity (Wildman–Crippen MR) is 195 cm³/mol. The summed E-state index contributed by atoms with van der Waals surface area (Å²) in [7, 11) is 0. The van der Waals surface area contributed by atoms with Crippen molar-refractivity contribution in [3.63, 3.8) is 0 Å². The molecule has 0 radical (unpaired) electrons. The van der Waals surface area contributed by atoms with E-state index in [0.717, 1.165) is 29.8 Å². The van der Waals surface area contributed by atoms with Gasteiger partial charge in [0.1, 0.15) is 18.1 Å². The Morgan fingerprint density at radius 3 is 2.06 bits per heavy atom. The predicted octanol–water partition coefficient (Wildman–Crippen LogP) is 2.30. The lowest BCUT2D eigenvalue weighted by Gasteiger charge is -2.27. The molecule has 2 aromatic carbocycles. The minimum Gasteiger partial charge on any atom is -0.464 e. The molecule has 1 aliphatic rings. The van der Waals surface area contributed by atoms with E-state index >= 15 is 0 Å². The zero-order valence-corrected chi connectivity index (χ0v) is 30.5. The third-order valence-electron chi connectivity index (χ3n) is 8.32. The third-order valence-corrected chi connectivity index (χ3v) is 8.66. The zero-order valence-electron chi connectivity index (χ0n) is 29.0. The fraction of sp³-hybridized carbons (Fsp3) is 0.528. The van der Waals surface area contributed by atoms with Crippen molar-refractivity contribution in [2.24, 2.45) is 5.92 Å². The summed E-state index contributed by atoms with van der Waals surface area (Å²) in [4.78, 5) is 67.9. The number of rotatable bonds is 20. The van der Waals surface area contributed by atoms with E-state index < -0.39 is 41.8 Å². The molecule has 4 atom stereocenters. The van der Waals surface area contributed by atoms with Crippen molar-refractivity contribution >= 4 is 58.5 Å². The number of ether oxygens (including phenoxy) is 1. The van der Waals surface area contributed by atoms with Gasteiger partial charge in [-0.15, -0.1) is 23.2 Å². The molecule has 1 fully saturated rings. The van der Waals surface area contributed by atoms with Crippen molar-refractivity contribution in [3.05, 3.63) is 65.7 Å². The second-order valence-corrected chi connectivity index (χ2v) is 13.2. The Hall–Kier alpha value is -3.87. The van der Waals surface area contributed by atoms with Crippen LogP contribution in [0, 0.1) is 5.92 Å². The molecule has 0 bridgehead atoms. The molecule has 0 spiro atoms. The Labute approximate surface area is 304 Å². The lowest BCUT2D eigenvalue weighted by Crippen LogP contribution is -2.58. The number of benzene rings is 2. The molecule has 12 nitrogen and oxygen atoms in total. The molecule has 0 aliphatic carbocycles. The van der Waals surface area contributed by atoms with Crippen LogP contribution in [0.4, 0.5) is 5.69 Å². The van der Waals surface area contributed by atoms with Gasteiger partial charge in [-0.2, -0.15) is 0 Å². The Morgan fingerprint density at radius 1 is 0.860 bits per heavy atom. The largest absolute Gasteiger partial charge is 0.464 e. The molecule has 1 saturated heterocycles. The monoisotopic (exact) mass is 732 g/mol. The molecule has 3 rings (SSSR count). The Morgan fingerprint density at radius 2 is 1.48 bits per heavy atom. The summed E-state index contributed by atoms with van der Waals surface area (Å²) in [5.41, 5.74) is 2.49. The number of nitrogens with zero attached hydrogens (tertiary/aromatic N) is 1. The highest BCUT2D eigenvalue weighted by Gasteiger charge is 2.32. The highest BCUT2D eigenvalue weighted by Crippen LogP contribution is 2.17. The summed E-state index contributed by atoms with van der Waals surface area (Å²) in [5.74, 6) is -2.03. The first kappa shape index (κ1) is 40.6. The maximum absolute atomic E-state index is 13.9. The summed E-state index contributed by atoms with van der Waals surface area (Å²) in [6, 6.07) is 13.3. The number of esters is 1. The molecule has 1 aliphatic heterocycles. The quantitative estimate of drug-likeness (QED) is 0.103. The van der Waals surface area contributed by atoms with Gasteiger partial charge < -0.3 is 36.2 Å². The van der Waals surface area contributed by atoms with E-state index in [1.807, 2.05) is 54.6 Å². The van der Waals surface area contributed by atoms with Crippen LogP contribution in [-0.2, 0) is 41.6 Å². The first-order valence-corrected chi connectivity index (χ1v) is 18.2. The molecule has 0 aromatic heterocycles. The van der Waals surface area contributed by atoms with Gasteiger partial charge in [0.05, 0.1) is 19.2 Å². The number of carbonyl (C=O) groups is 5. The molecule has 14 heteroatoms. The van der Waals surface area contributed by atoms with E-state index in [1.54, 1.807) is 20.8 Å². The number of hydrogen-bond acceptors (Lipinski definition) is 8. The van der Waals surface area contributed by atoms with Crippen molar-refractivity contribution in [1.82, 2.24) is 26.6 Å². The van der Waals surface area contributed by atoms with Crippen LogP contribution in [-0.4, -0.2) is 98.3 Å². The topological polar surface area (TPSA) is 158 Å². The van der Waals surface area contributed by atoms with E-state index in [4.69, 9.17) is 27.9 Å². The Balaban J connectivity index is 1.75. The van der Waals surface area contributed by atoms with Gasteiger partial charge in [0.15, 0.2) is 0 Å². The summed E-state index contributed by atoms with van der Waals surface area (Å²) < 4.78 is 5.31. The fourth-order valence-corrected chi connectivity index (χ4v) is 6.05. The van der Waals surface area contributed by atoms with Gasteiger partial charge in [-0.3, -0.25) is 19.2 Å². The number of carbonyl (C=O) groups excluding carboxylic acids is 5. The highest BCUT2D eigenvalue weighted by molar-refractivity contribution is 6.18. The Bertz CT molecular complexity index is 1390. The van der Waals surface area contributed by atoms with E-state index in [2.05, 4.69) is 31.5 Å². The molecule has 5 N–H and O–H groups in total. The van der Waals surface area contributed by atoms with Crippen LogP contribution in [0.3, 0.4) is 0 Å². The van der Waals surface area contributed by atoms with Gasteiger partial charge in [0.2, 0.25) is 23.6 Å². The molecule has 4 amide bonds. The minimum absolute atomic E-state index is 0.119.